The molecule has 0 unspecified atom stereocenters. The van der Waals surface area contributed by atoms with Gasteiger partial charge in [-0.2, -0.15) is 4.37 Å². The maximum Gasteiger partial charge on any atom is 0.272 e. The summed E-state index contributed by atoms with van der Waals surface area (Å²) in [6.45, 7) is 9.41. The van der Waals surface area contributed by atoms with E-state index in [9.17, 15) is 14.4 Å². The van der Waals surface area contributed by atoms with Crippen molar-refractivity contribution in [2.75, 3.05) is 17.2 Å². The minimum atomic E-state index is -0.807. The van der Waals surface area contributed by atoms with E-state index in [4.69, 9.17) is 11.5 Å². The van der Waals surface area contributed by atoms with Gasteiger partial charge >= 0.3 is 0 Å². The number of nitrogens with zero attached hydrogens (tertiary/aromatic N) is 2. The molecule has 156 valence electrons. The van der Waals surface area contributed by atoms with Crippen molar-refractivity contribution in [2.24, 2.45) is 5.73 Å². The van der Waals surface area contributed by atoms with E-state index >= 15 is 0 Å². The predicted molar refractivity (Wildman–Crippen MR) is 115 cm³/mol. The predicted octanol–water partition coefficient (Wildman–Crippen LogP) is 2.39. The number of anilines is 2. The molecule has 3 amide bonds. The molecule has 0 saturated heterocycles. The SMILES string of the molecule is CCC(C)(C)NC(=O)CN(C(=O)c1snc(C(N)=O)c1N)c1cc(C)cc(C)c1. The highest BCUT2D eigenvalue weighted by molar-refractivity contribution is 7.09. The molecular formula is C20H27N5O3S. The number of hydrogen-bond acceptors (Lipinski definition) is 6. The van der Waals surface area contributed by atoms with E-state index in [1.54, 1.807) is 0 Å². The van der Waals surface area contributed by atoms with Crippen LogP contribution in [0.4, 0.5) is 11.4 Å². The zero-order valence-electron chi connectivity index (χ0n) is 17.3. The van der Waals surface area contributed by atoms with Crippen LogP contribution in [0, 0.1) is 13.8 Å². The molecule has 1 heterocycles. The first-order valence-corrected chi connectivity index (χ1v) is 9.98. The lowest BCUT2D eigenvalue weighted by atomic mass is 10.0. The standard InChI is InChI=1S/C20H27N5O3S/c1-6-20(4,5)23-14(26)10-25(13-8-11(2)7-12(3)9-13)19(28)17-15(21)16(18(22)27)24-29-17/h7-9H,6,10,21H2,1-5H3,(H2,22,27)(H,23,26). The summed E-state index contributed by atoms with van der Waals surface area (Å²) in [6.07, 6.45) is 0.736. The van der Waals surface area contributed by atoms with Crippen LogP contribution >= 0.6 is 11.5 Å². The smallest absolute Gasteiger partial charge is 0.272 e. The van der Waals surface area contributed by atoms with Crippen LogP contribution in [0.2, 0.25) is 0 Å². The van der Waals surface area contributed by atoms with Crippen LogP contribution in [0.1, 0.15) is 58.5 Å². The third kappa shape index (κ3) is 5.32. The Morgan fingerprint density at radius 2 is 1.76 bits per heavy atom. The molecule has 8 nitrogen and oxygen atoms in total. The fraction of sp³-hybridized carbons (Fsp3) is 0.400. The molecule has 29 heavy (non-hydrogen) atoms. The number of nitrogen functional groups attached to an aromatic ring is 1. The fourth-order valence-electron chi connectivity index (χ4n) is 2.79. The molecule has 2 rings (SSSR count). The van der Waals surface area contributed by atoms with E-state index in [1.165, 1.54) is 4.90 Å². The number of carbonyl (C=O) groups is 3. The minimum Gasteiger partial charge on any atom is -0.395 e. The molecule has 0 aliphatic carbocycles. The highest BCUT2D eigenvalue weighted by Crippen LogP contribution is 2.27. The van der Waals surface area contributed by atoms with Gasteiger partial charge in [0.05, 0.1) is 5.69 Å². The van der Waals surface area contributed by atoms with Gasteiger partial charge in [0.2, 0.25) is 5.91 Å². The van der Waals surface area contributed by atoms with Gasteiger partial charge in [-0.25, -0.2) is 0 Å². The second-order valence-corrected chi connectivity index (χ2v) is 8.43. The molecule has 0 atom stereocenters. The minimum absolute atomic E-state index is 0.0699. The lowest BCUT2D eigenvalue weighted by Crippen LogP contribution is -2.48. The number of carbonyl (C=O) groups excluding carboxylic acids is 3. The third-order valence-electron chi connectivity index (χ3n) is 4.58. The Morgan fingerprint density at radius 3 is 2.24 bits per heavy atom. The number of nitrogens with two attached hydrogens (primary N) is 2. The molecule has 2 aromatic rings. The van der Waals surface area contributed by atoms with Gasteiger partial charge in [0.25, 0.3) is 11.8 Å². The summed E-state index contributed by atoms with van der Waals surface area (Å²) in [4.78, 5) is 38.8. The van der Waals surface area contributed by atoms with E-state index in [-0.39, 0.29) is 28.7 Å². The summed E-state index contributed by atoms with van der Waals surface area (Å²) in [7, 11) is 0. The Labute approximate surface area is 174 Å². The van der Waals surface area contributed by atoms with Gasteiger partial charge in [-0.05, 0) is 68.9 Å². The summed E-state index contributed by atoms with van der Waals surface area (Å²) in [6, 6.07) is 5.60. The maximum absolute atomic E-state index is 13.3. The average Bonchev–Trinajstić information content (AvgIpc) is 2.99. The second-order valence-electron chi connectivity index (χ2n) is 7.66. The van der Waals surface area contributed by atoms with Crippen LogP contribution in [-0.4, -0.2) is 34.2 Å². The normalized spacial score (nSPS) is 11.2. The quantitative estimate of drug-likeness (QED) is 0.636. The summed E-state index contributed by atoms with van der Waals surface area (Å²) in [5, 5.41) is 2.93. The number of aromatic nitrogens is 1. The topological polar surface area (TPSA) is 131 Å². The van der Waals surface area contributed by atoms with Crippen molar-refractivity contribution in [3.8, 4) is 0 Å². The number of nitrogens with one attached hydrogen (secondary N) is 1. The molecule has 0 aliphatic rings. The van der Waals surface area contributed by atoms with Crippen LogP contribution in [-0.2, 0) is 4.79 Å². The van der Waals surface area contributed by atoms with E-state index in [0.717, 1.165) is 29.1 Å². The zero-order valence-corrected chi connectivity index (χ0v) is 18.1. The highest BCUT2D eigenvalue weighted by atomic mass is 32.1. The molecule has 9 heteroatoms. The van der Waals surface area contributed by atoms with Crippen molar-refractivity contribution in [1.82, 2.24) is 9.69 Å². The van der Waals surface area contributed by atoms with Crippen LogP contribution in [0.25, 0.3) is 0 Å². The van der Waals surface area contributed by atoms with Gasteiger partial charge in [-0.3, -0.25) is 19.3 Å². The first kappa shape index (κ1) is 22.4. The molecule has 0 radical (unpaired) electrons. The van der Waals surface area contributed by atoms with E-state index in [0.29, 0.717) is 5.69 Å². The summed E-state index contributed by atoms with van der Waals surface area (Å²) in [5.74, 6) is -1.62. The van der Waals surface area contributed by atoms with E-state index in [2.05, 4.69) is 9.69 Å². The largest absolute Gasteiger partial charge is 0.395 e. The van der Waals surface area contributed by atoms with Crippen LogP contribution in [0.15, 0.2) is 18.2 Å². The Bertz CT molecular complexity index is 931. The highest BCUT2D eigenvalue weighted by Gasteiger charge is 2.29. The molecule has 0 saturated carbocycles. The van der Waals surface area contributed by atoms with Gasteiger partial charge in [0.15, 0.2) is 5.69 Å². The van der Waals surface area contributed by atoms with Crippen molar-refractivity contribution in [1.29, 1.82) is 0 Å². The number of hydrogen-bond donors (Lipinski definition) is 3. The third-order valence-corrected chi connectivity index (χ3v) is 5.43. The molecule has 0 aliphatic heterocycles. The van der Waals surface area contributed by atoms with Gasteiger partial charge in [-0.1, -0.05) is 13.0 Å². The lowest BCUT2D eigenvalue weighted by molar-refractivity contribution is -0.121. The van der Waals surface area contributed by atoms with Crippen molar-refractivity contribution in [3.63, 3.8) is 0 Å². The van der Waals surface area contributed by atoms with Gasteiger partial charge in [0, 0.05) is 11.2 Å². The molecule has 5 N–H and O–H groups in total. The Balaban J connectivity index is 2.45. The number of rotatable bonds is 7. The Kier molecular flexibility index (Phi) is 6.63. The number of primary amides is 1. The molecular weight excluding hydrogens is 390 g/mol. The molecule has 0 spiro atoms. The van der Waals surface area contributed by atoms with Crippen LogP contribution in [0.3, 0.4) is 0 Å². The van der Waals surface area contributed by atoms with Crippen molar-refractivity contribution >= 4 is 40.6 Å². The number of benzene rings is 1. The summed E-state index contributed by atoms with van der Waals surface area (Å²) in [5.41, 5.74) is 13.0. The van der Waals surface area contributed by atoms with Gasteiger partial charge < -0.3 is 16.8 Å². The molecule has 0 bridgehead atoms. The zero-order chi connectivity index (χ0) is 21.9. The second kappa shape index (κ2) is 8.60. The van der Waals surface area contributed by atoms with E-state index < -0.39 is 17.4 Å². The molecule has 0 fully saturated rings. The molecule has 1 aromatic carbocycles. The van der Waals surface area contributed by atoms with Crippen molar-refractivity contribution in [2.45, 2.75) is 46.6 Å². The first-order chi connectivity index (χ1) is 13.4. The first-order valence-electron chi connectivity index (χ1n) is 9.21. The number of aryl methyl sites for hydroxylation is 2. The van der Waals surface area contributed by atoms with Crippen LogP contribution in [0.5, 0.6) is 0 Å². The average molecular weight is 418 g/mol. The lowest BCUT2D eigenvalue weighted by Gasteiger charge is -2.28. The maximum atomic E-state index is 13.3. The summed E-state index contributed by atoms with van der Waals surface area (Å²) >= 11 is 0.790. The fourth-order valence-corrected chi connectivity index (χ4v) is 3.54. The van der Waals surface area contributed by atoms with Crippen molar-refractivity contribution in [3.05, 3.63) is 39.9 Å². The van der Waals surface area contributed by atoms with Crippen LogP contribution < -0.4 is 21.7 Å². The van der Waals surface area contributed by atoms with Gasteiger partial charge in [0.1, 0.15) is 11.4 Å². The summed E-state index contributed by atoms with van der Waals surface area (Å²) < 4.78 is 3.89. The molecule has 1 aromatic heterocycles. The van der Waals surface area contributed by atoms with Crippen molar-refractivity contribution < 1.29 is 14.4 Å². The monoisotopic (exact) mass is 417 g/mol. The van der Waals surface area contributed by atoms with Gasteiger partial charge in [-0.15, -0.1) is 0 Å². The Hall–Kier alpha value is -2.94. The van der Waals surface area contributed by atoms with E-state index in [1.807, 2.05) is 52.8 Å². The number of amides is 3. The Morgan fingerprint density at radius 1 is 1.17 bits per heavy atom.